The number of benzene rings is 1. The summed E-state index contributed by atoms with van der Waals surface area (Å²) in [6.45, 7) is 1.35. The number of anilines is 2. The highest BCUT2D eigenvalue weighted by molar-refractivity contribution is 5.91. The van der Waals surface area contributed by atoms with Crippen LogP contribution in [0.4, 0.5) is 11.4 Å². The summed E-state index contributed by atoms with van der Waals surface area (Å²) in [5.74, 6) is 0.162. The van der Waals surface area contributed by atoms with Crippen molar-refractivity contribution in [3.8, 4) is 24.0 Å². The average Bonchev–Trinajstić information content (AvgIpc) is 2.47. The van der Waals surface area contributed by atoms with Crippen LogP contribution in [0.2, 0.25) is 0 Å². The lowest BCUT2D eigenvalue weighted by Gasteiger charge is -2.12. The molecular formula is C14H11N5O2. The van der Waals surface area contributed by atoms with Gasteiger partial charge in [0.2, 0.25) is 5.91 Å². The van der Waals surface area contributed by atoms with Crippen LogP contribution in [0.15, 0.2) is 29.5 Å². The Balaban J connectivity index is 3.20. The van der Waals surface area contributed by atoms with Crippen LogP contribution in [0, 0.1) is 34.0 Å². The number of nitrogens with one attached hydrogen (secondary N) is 2. The fraction of sp³-hybridized carbons (Fsp3) is 0.143. The van der Waals surface area contributed by atoms with Gasteiger partial charge in [0.15, 0.2) is 5.57 Å². The molecule has 0 aliphatic carbocycles. The first-order chi connectivity index (χ1) is 10.0. The van der Waals surface area contributed by atoms with E-state index in [1.807, 2.05) is 0 Å². The number of carbonyl (C=O) groups is 1. The molecule has 0 aromatic heterocycles. The number of methoxy groups -OCH3 is 1. The minimum Gasteiger partial charge on any atom is -0.495 e. The van der Waals surface area contributed by atoms with Gasteiger partial charge in [0, 0.05) is 12.6 Å². The highest BCUT2D eigenvalue weighted by Gasteiger charge is 2.09. The lowest BCUT2D eigenvalue weighted by molar-refractivity contribution is -0.114. The van der Waals surface area contributed by atoms with Crippen LogP contribution in [-0.2, 0) is 4.79 Å². The summed E-state index contributed by atoms with van der Waals surface area (Å²) in [4.78, 5) is 11.1. The van der Waals surface area contributed by atoms with Crippen molar-refractivity contribution in [2.24, 2.45) is 0 Å². The second-order valence-corrected chi connectivity index (χ2v) is 3.81. The Kier molecular flexibility index (Phi) is 5.32. The van der Waals surface area contributed by atoms with Gasteiger partial charge in [-0.3, -0.25) is 4.79 Å². The summed E-state index contributed by atoms with van der Waals surface area (Å²) < 4.78 is 5.10. The first kappa shape index (κ1) is 15.6. The minimum absolute atomic E-state index is 0.168. The molecule has 0 unspecified atom stereocenters. The third kappa shape index (κ3) is 3.99. The molecule has 0 atom stereocenters. The van der Waals surface area contributed by atoms with E-state index in [-0.39, 0.29) is 17.2 Å². The quantitative estimate of drug-likeness (QED) is 0.812. The minimum atomic E-state index is -0.325. The fourth-order valence-electron chi connectivity index (χ4n) is 1.50. The number of rotatable bonds is 4. The number of nitriles is 3. The Morgan fingerprint density at radius 3 is 2.29 bits per heavy atom. The number of ether oxygens (including phenoxy) is 1. The fourth-order valence-corrected chi connectivity index (χ4v) is 1.50. The lowest BCUT2D eigenvalue weighted by atomic mass is 10.2. The number of allylic oxidation sites excluding steroid dienone is 2. The maximum absolute atomic E-state index is 11.1. The van der Waals surface area contributed by atoms with Crippen LogP contribution in [0.25, 0.3) is 0 Å². The third-order valence-corrected chi connectivity index (χ3v) is 2.36. The number of hydrogen-bond donors (Lipinski definition) is 2. The molecule has 0 bridgehead atoms. The van der Waals surface area contributed by atoms with E-state index in [2.05, 4.69) is 10.6 Å². The van der Waals surface area contributed by atoms with Gasteiger partial charge in [-0.25, -0.2) is 0 Å². The van der Waals surface area contributed by atoms with Gasteiger partial charge < -0.3 is 15.4 Å². The molecule has 0 aliphatic rings. The van der Waals surface area contributed by atoms with E-state index in [0.717, 1.165) is 0 Å². The Morgan fingerprint density at radius 2 is 1.81 bits per heavy atom. The first-order valence-electron chi connectivity index (χ1n) is 5.73. The summed E-state index contributed by atoms with van der Waals surface area (Å²) in [6.07, 6.45) is 0. The van der Waals surface area contributed by atoms with E-state index in [1.54, 1.807) is 30.3 Å². The number of amides is 1. The van der Waals surface area contributed by atoms with Crippen LogP contribution in [0.1, 0.15) is 6.92 Å². The van der Waals surface area contributed by atoms with Crippen molar-refractivity contribution in [2.75, 3.05) is 17.7 Å². The van der Waals surface area contributed by atoms with Gasteiger partial charge in [0.05, 0.1) is 12.8 Å². The molecule has 7 heteroatoms. The van der Waals surface area contributed by atoms with Crippen LogP contribution in [-0.4, -0.2) is 13.0 Å². The Labute approximate surface area is 121 Å². The van der Waals surface area contributed by atoms with Gasteiger partial charge >= 0.3 is 0 Å². The van der Waals surface area contributed by atoms with E-state index < -0.39 is 0 Å². The smallest absolute Gasteiger partial charge is 0.221 e. The molecule has 0 saturated heterocycles. The van der Waals surface area contributed by atoms with Crippen molar-refractivity contribution < 1.29 is 9.53 Å². The Hall–Kier alpha value is -3.50. The summed E-state index contributed by atoms with van der Waals surface area (Å²) in [7, 11) is 1.46. The SMILES string of the molecule is COc1ccc(NC(C#N)=C(C#N)C#N)cc1NC(C)=O. The van der Waals surface area contributed by atoms with Gasteiger partial charge in [-0.15, -0.1) is 0 Å². The van der Waals surface area contributed by atoms with Crippen LogP contribution < -0.4 is 15.4 Å². The Morgan fingerprint density at radius 1 is 1.14 bits per heavy atom. The maximum Gasteiger partial charge on any atom is 0.221 e. The summed E-state index contributed by atoms with van der Waals surface area (Å²) in [5.41, 5.74) is 0.343. The molecule has 104 valence electrons. The van der Waals surface area contributed by atoms with Gasteiger partial charge in [-0.2, -0.15) is 15.8 Å². The molecule has 0 saturated carbocycles. The molecule has 2 N–H and O–H groups in total. The average molecular weight is 281 g/mol. The monoisotopic (exact) mass is 281 g/mol. The molecule has 0 fully saturated rings. The summed E-state index contributed by atoms with van der Waals surface area (Å²) in [6, 6.07) is 9.72. The third-order valence-electron chi connectivity index (χ3n) is 2.36. The van der Waals surface area contributed by atoms with E-state index in [9.17, 15) is 4.79 Å². The van der Waals surface area contributed by atoms with Crippen molar-refractivity contribution in [3.63, 3.8) is 0 Å². The summed E-state index contributed by atoms with van der Waals surface area (Å²) in [5, 5.41) is 31.7. The molecule has 1 aromatic rings. The van der Waals surface area contributed by atoms with Gasteiger partial charge in [-0.1, -0.05) is 0 Å². The van der Waals surface area contributed by atoms with Crippen LogP contribution in [0.3, 0.4) is 0 Å². The molecule has 1 amide bonds. The molecule has 21 heavy (non-hydrogen) atoms. The van der Waals surface area contributed by atoms with E-state index in [0.29, 0.717) is 17.1 Å². The number of carbonyl (C=O) groups excluding carboxylic acids is 1. The molecule has 0 radical (unpaired) electrons. The van der Waals surface area contributed by atoms with E-state index in [1.165, 1.54) is 20.1 Å². The molecule has 1 aromatic carbocycles. The second kappa shape index (κ2) is 7.18. The first-order valence-corrected chi connectivity index (χ1v) is 5.73. The highest BCUT2D eigenvalue weighted by atomic mass is 16.5. The topological polar surface area (TPSA) is 122 Å². The van der Waals surface area contributed by atoms with Gasteiger partial charge in [0.25, 0.3) is 0 Å². The largest absolute Gasteiger partial charge is 0.495 e. The lowest BCUT2D eigenvalue weighted by Crippen LogP contribution is -2.08. The van der Waals surface area contributed by atoms with Gasteiger partial charge in [0.1, 0.15) is 29.7 Å². The molecule has 0 aliphatic heterocycles. The molecule has 1 rings (SSSR count). The van der Waals surface area contributed by atoms with Crippen molar-refractivity contribution in [1.29, 1.82) is 15.8 Å². The van der Waals surface area contributed by atoms with Crippen LogP contribution in [0.5, 0.6) is 5.75 Å². The zero-order valence-corrected chi connectivity index (χ0v) is 11.4. The Bertz CT molecular complexity index is 700. The van der Waals surface area contributed by atoms with Gasteiger partial charge in [-0.05, 0) is 18.2 Å². The molecule has 0 spiro atoms. The molecular weight excluding hydrogens is 270 g/mol. The maximum atomic E-state index is 11.1. The predicted octanol–water partition coefficient (Wildman–Crippen LogP) is 1.89. The van der Waals surface area contributed by atoms with E-state index >= 15 is 0 Å². The molecule has 7 nitrogen and oxygen atoms in total. The summed E-state index contributed by atoms with van der Waals surface area (Å²) >= 11 is 0. The van der Waals surface area contributed by atoms with Crippen molar-refractivity contribution in [2.45, 2.75) is 6.92 Å². The molecule has 0 heterocycles. The van der Waals surface area contributed by atoms with Crippen molar-refractivity contribution in [3.05, 3.63) is 29.5 Å². The normalized spacial score (nSPS) is 8.52. The predicted molar refractivity (Wildman–Crippen MR) is 74.8 cm³/mol. The second-order valence-electron chi connectivity index (χ2n) is 3.81. The van der Waals surface area contributed by atoms with Crippen molar-refractivity contribution >= 4 is 17.3 Å². The zero-order chi connectivity index (χ0) is 15.8. The zero-order valence-electron chi connectivity index (χ0n) is 11.4. The van der Waals surface area contributed by atoms with E-state index in [4.69, 9.17) is 20.5 Å². The van der Waals surface area contributed by atoms with Crippen LogP contribution >= 0.6 is 0 Å². The number of hydrogen-bond acceptors (Lipinski definition) is 6. The highest BCUT2D eigenvalue weighted by Crippen LogP contribution is 2.28. The van der Waals surface area contributed by atoms with Crippen molar-refractivity contribution in [1.82, 2.24) is 0 Å². The number of nitrogens with zero attached hydrogens (tertiary/aromatic N) is 3. The standard InChI is InChI=1S/C14H11N5O2/c1-9(20)18-12-5-11(3-4-14(12)21-2)19-13(8-17)10(6-15)7-16/h3-5,19H,1-2H3,(H,18,20).